The van der Waals surface area contributed by atoms with Crippen molar-refractivity contribution >= 4 is 23.5 Å². The smallest absolute Gasteiger partial charge is 0.331 e. The fourth-order valence-corrected chi connectivity index (χ4v) is 2.57. The SMILES string of the molecule is CCCCCCn1c(O)c(C=Nc2ccc(NC(C)=O)cc2)c(=O)[nH]c1=O. The summed E-state index contributed by atoms with van der Waals surface area (Å²) < 4.78 is 1.15. The molecule has 0 fully saturated rings. The van der Waals surface area contributed by atoms with Crippen LogP contribution >= 0.6 is 0 Å². The van der Waals surface area contributed by atoms with E-state index in [1.165, 1.54) is 13.1 Å². The number of H-pyrrole nitrogens is 1. The van der Waals surface area contributed by atoms with Crippen LogP contribution in [0.3, 0.4) is 0 Å². The highest BCUT2D eigenvalue weighted by Crippen LogP contribution is 2.17. The van der Waals surface area contributed by atoms with E-state index in [9.17, 15) is 19.5 Å². The zero-order valence-corrected chi connectivity index (χ0v) is 15.5. The molecule has 0 atom stereocenters. The second-order valence-electron chi connectivity index (χ2n) is 6.20. The van der Waals surface area contributed by atoms with Gasteiger partial charge in [-0.05, 0) is 30.7 Å². The van der Waals surface area contributed by atoms with Gasteiger partial charge in [0.15, 0.2) is 0 Å². The molecule has 2 rings (SSSR count). The Balaban J connectivity index is 2.22. The summed E-state index contributed by atoms with van der Waals surface area (Å²) in [6, 6.07) is 6.67. The van der Waals surface area contributed by atoms with Crippen LogP contribution in [0.4, 0.5) is 11.4 Å². The lowest BCUT2D eigenvalue weighted by Gasteiger charge is -2.09. The molecule has 1 aromatic heterocycles. The highest BCUT2D eigenvalue weighted by Gasteiger charge is 2.12. The Bertz CT molecular complexity index is 926. The molecule has 0 aliphatic carbocycles. The number of hydrogen-bond acceptors (Lipinski definition) is 5. The summed E-state index contributed by atoms with van der Waals surface area (Å²) in [7, 11) is 0. The van der Waals surface area contributed by atoms with Crippen molar-refractivity contribution in [2.45, 2.75) is 46.1 Å². The normalized spacial score (nSPS) is 11.0. The van der Waals surface area contributed by atoms with E-state index < -0.39 is 11.2 Å². The van der Waals surface area contributed by atoms with E-state index in [0.717, 1.165) is 30.3 Å². The van der Waals surface area contributed by atoms with Crippen LogP contribution in [0, 0.1) is 0 Å². The van der Waals surface area contributed by atoms with E-state index in [1.807, 2.05) is 0 Å². The van der Waals surface area contributed by atoms with E-state index in [4.69, 9.17) is 0 Å². The lowest BCUT2D eigenvalue weighted by molar-refractivity contribution is -0.114. The number of unbranched alkanes of at least 4 members (excludes halogenated alkanes) is 3. The molecular formula is C19H24N4O4. The molecule has 0 saturated carbocycles. The Kier molecular flexibility index (Phi) is 7.10. The number of amides is 1. The Morgan fingerprint density at radius 3 is 2.56 bits per heavy atom. The van der Waals surface area contributed by atoms with Crippen LogP contribution in [0.2, 0.25) is 0 Å². The van der Waals surface area contributed by atoms with Gasteiger partial charge < -0.3 is 10.4 Å². The second kappa shape index (κ2) is 9.51. The standard InChI is InChI=1S/C19H24N4O4/c1-3-4-5-6-11-23-18(26)16(17(25)22-19(23)27)12-20-14-7-9-15(10-8-14)21-13(2)24/h7-10,12,26H,3-6,11H2,1-2H3,(H,21,24)(H,22,25,27). The molecule has 144 valence electrons. The third-order valence-electron chi connectivity index (χ3n) is 3.97. The molecule has 0 saturated heterocycles. The van der Waals surface area contributed by atoms with Crippen LogP contribution < -0.4 is 16.6 Å². The van der Waals surface area contributed by atoms with E-state index >= 15 is 0 Å². The van der Waals surface area contributed by atoms with Gasteiger partial charge in [-0.25, -0.2) is 4.79 Å². The number of hydrogen-bond donors (Lipinski definition) is 3. The molecule has 8 heteroatoms. The third-order valence-corrected chi connectivity index (χ3v) is 3.97. The van der Waals surface area contributed by atoms with Crippen molar-refractivity contribution in [3.8, 4) is 5.88 Å². The molecule has 0 radical (unpaired) electrons. The third kappa shape index (κ3) is 5.67. The van der Waals surface area contributed by atoms with Crippen LogP contribution in [-0.2, 0) is 11.3 Å². The van der Waals surface area contributed by atoms with Gasteiger partial charge in [-0.15, -0.1) is 0 Å². The van der Waals surface area contributed by atoms with Gasteiger partial charge in [-0.1, -0.05) is 26.2 Å². The molecule has 0 aliphatic heterocycles. The zero-order valence-electron chi connectivity index (χ0n) is 15.5. The van der Waals surface area contributed by atoms with Gasteiger partial charge in [-0.2, -0.15) is 0 Å². The number of nitrogens with zero attached hydrogens (tertiary/aromatic N) is 2. The Morgan fingerprint density at radius 1 is 1.22 bits per heavy atom. The number of rotatable bonds is 8. The minimum absolute atomic E-state index is 0.0731. The number of nitrogens with one attached hydrogen (secondary N) is 2. The first-order chi connectivity index (χ1) is 12.9. The molecule has 8 nitrogen and oxygen atoms in total. The molecule has 0 spiro atoms. The van der Waals surface area contributed by atoms with Crippen molar-refractivity contribution < 1.29 is 9.90 Å². The molecule has 1 amide bonds. The van der Waals surface area contributed by atoms with Crippen LogP contribution in [0.1, 0.15) is 45.1 Å². The molecule has 1 heterocycles. The summed E-state index contributed by atoms with van der Waals surface area (Å²) in [4.78, 5) is 41.4. The first-order valence-electron chi connectivity index (χ1n) is 8.90. The van der Waals surface area contributed by atoms with Crippen LogP contribution in [0.15, 0.2) is 38.8 Å². The predicted octanol–water partition coefficient (Wildman–Crippen LogP) is 2.53. The van der Waals surface area contributed by atoms with Crippen LogP contribution in [0.25, 0.3) is 0 Å². The summed E-state index contributed by atoms with van der Waals surface area (Å²) in [5, 5.41) is 13.0. The number of carbonyl (C=O) groups is 1. The predicted molar refractivity (Wildman–Crippen MR) is 105 cm³/mol. The summed E-state index contributed by atoms with van der Waals surface area (Å²) >= 11 is 0. The zero-order chi connectivity index (χ0) is 19.8. The van der Waals surface area contributed by atoms with Gasteiger partial charge >= 0.3 is 5.69 Å². The monoisotopic (exact) mass is 372 g/mol. The molecule has 1 aromatic carbocycles. The molecule has 27 heavy (non-hydrogen) atoms. The summed E-state index contributed by atoms with van der Waals surface area (Å²) in [5.41, 5.74) is -0.242. The Hall–Kier alpha value is -3.16. The van der Waals surface area contributed by atoms with E-state index in [-0.39, 0.29) is 17.4 Å². The molecule has 0 bridgehead atoms. The van der Waals surface area contributed by atoms with Gasteiger partial charge in [0.05, 0.1) is 5.69 Å². The number of benzene rings is 1. The molecule has 2 aromatic rings. The first kappa shape index (κ1) is 20.2. The largest absolute Gasteiger partial charge is 0.494 e. The number of carbonyl (C=O) groups excluding carboxylic acids is 1. The molecule has 0 unspecified atom stereocenters. The fourth-order valence-electron chi connectivity index (χ4n) is 2.57. The molecule has 0 aliphatic rings. The van der Waals surface area contributed by atoms with Gasteiger partial charge in [0.1, 0.15) is 5.56 Å². The molecule has 3 N–H and O–H groups in total. The lowest BCUT2D eigenvalue weighted by atomic mass is 10.2. The quantitative estimate of drug-likeness (QED) is 0.487. The summed E-state index contributed by atoms with van der Waals surface area (Å²) in [5.74, 6) is -0.567. The maximum atomic E-state index is 12.0. The number of aromatic hydroxyl groups is 1. The van der Waals surface area contributed by atoms with Crippen molar-refractivity contribution in [2.24, 2.45) is 4.99 Å². The first-order valence-corrected chi connectivity index (χ1v) is 8.90. The van der Waals surface area contributed by atoms with Gasteiger partial charge in [0.2, 0.25) is 11.8 Å². The Labute approximate surface area is 156 Å². The number of aromatic nitrogens is 2. The number of anilines is 1. The molecular weight excluding hydrogens is 348 g/mol. The van der Waals surface area contributed by atoms with E-state index in [2.05, 4.69) is 22.2 Å². The minimum Gasteiger partial charge on any atom is -0.494 e. The van der Waals surface area contributed by atoms with Crippen LogP contribution in [0.5, 0.6) is 5.88 Å². The van der Waals surface area contributed by atoms with Gasteiger partial charge in [0.25, 0.3) is 5.56 Å². The van der Waals surface area contributed by atoms with Gasteiger partial charge in [0, 0.05) is 25.4 Å². The average molecular weight is 372 g/mol. The lowest BCUT2D eigenvalue weighted by Crippen LogP contribution is -2.32. The van der Waals surface area contributed by atoms with Crippen molar-refractivity contribution in [2.75, 3.05) is 5.32 Å². The number of aromatic amines is 1. The van der Waals surface area contributed by atoms with Crippen molar-refractivity contribution in [1.29, 1.82) is 0 Å². The van der Waals surface area contributed by atoms with Crippen molar-refractivity contribution in [1.82, 2.24) is 9.55 Å². The van der Waals surface area contributed by atoms with E-state index in [1.54, 1.807) is 24.3 Å². The average Bonchev–Trinajstić information content (AvgIpc) is 2.61. The minimum atomic E-state index is -0.694. The second-order valence-corrected chi connectivity index (χ2v) is 6.20. The van der Waals surface area contributed by atoms with Crippen molar-refractivity contribution in [3.05, 3.63) is 50.7 Å². The van der Waals surface area contributed by atoms with Crippen LogP contribution in [-0.4, -0.2) is 26.8 Å². The maximum Gasteiger partial charge on any atom is 0.331 e. The number of aliphatic imine (C=N–C) groups is 1. The maximum absolute atomic E-state index is 12.0. The highest BCUT2D eigenvalue weighted by molar-refractivity contribution is 5.89. The van der Waals surface area contributed by atoms with Gasteiger partial charge in [-0.3, -0.25) is 24.1 Å². The summed E-state index contributed by atoms with van der Waals surface area (Å²) in [6.07, 6.45) is 5.00. The fraction of sp³-hybridized carbons (Fsp3) is 0.368. The topological polar surface area (TPSA) is 117 Å². The summed E-state index contributed by atoms with van der Waals surface area (Å²) in [6.45, 7) is 3.83. The van der Waals surface area contributed by atoms with E-state index in [0.29, 0.717) is 17.9 Å². The highest BCUT2D eigenvalue weighted by atomic mass is 16.3. The Morgan fingerprint density at radius 2 is 1.93 bits per heavy atom. The van der Waals surface area contributed by atoms with Crippen molar-refractivity contribution in [3.63, 3.8) is 0 Å².